The molecule has 10 heteroatoms. The van der Waals surface area contributed by atoms with Gasteiger partial charge in [-0.25, -0.2) is 23.6 Å². The Morgan fingerprint density at radius 3 is 2.37 bits per heavy atom. The lowest BCUT2D eigenvalue weighted by Crippen LogP contribution is -2.55. The van der Waals surface area contributed by atoms with Gasteiger partial charge in [0, 0.05) is 51.9 Å². The molecule has 1 atom stereocenters. The van der Waals surface area contributed by atoms with E-state index in [0.29, 0.717) is 38.2 Å². The number of nitrogens with one attached hydrogen (secondary N) is 1. The first kappa shape index (κ1) is 19.0. The number of rotatable bonds is 2. The van der Waals surface area contributed by atoms with Crippen molar-refractivity contribution < 1.29 is 18.4 Å². The lowest BCUT2D eigenvalue weighted by atomic mass is 10.0. The highest BCUT2D eigenvalue weighted by Crippen LogP contribution is 2.30. The second kappa shape index (κ2) is 7.87. The highest BCUT2D eigenvalue weighted by molar-refractivity contribution is 5.79. The van der Waals surface area contributed by atoms with Gasteiger partial charge >= 0.3 is 6.03 Å². The maximum atomic E-state index is 13.5. The molecule has 1 aromatic carbocycles. The lowest BCUT2D eigenvalue weighted by molar-refractivity contribution is -0.0557. The molecule has 0 unspecified atom stereocenters. The first-order valence-corrected chi connectivity index (χ1v) is 8.58. The van der Waals surface area contributed by atoms with Gasteiger partial charge in [0.15, 0.2) is 0 Å². The molecule has 1 saturated heterocycles. The van der Waals surface area contributed by atoms with Crippen LogP contribution in [0.5, 0.6) is 0 Å². The van der Waals surface area contributed by atoms with Crippen LogP contribution in [-0.4, -0.2) is 78.4 Å². The zero-order valence-corrected chi connectivity index (χ0v) is 15.2. The number of hydrogen-bond acceptors (Lipinski definition) is 4. The molecule has 27 heavy (non-hydrogen) atoms. The quantitative estimate of drug-likeness (QED) is 0.483. The van der Waals surface area contributed by atoms with Crippen molar-refractivity contribution in [3.8, 4) is 0 Å². The molecular formula is C17H22F2N6O2. The Hall–Kier alpha value is -2.75. The normalized spacial score (nSPS) is 19.6. The fourth-order valence-electron chi connectivity index (χ4n) is 3.18. The molecule has 0 aliphatic carbocycles. The van der Waals surface area contributed by atoms with Crippen LogP contribution in [0.1, 0.15) is 18.0 Å². The van der Waals surface area contributed by atoms with Crippen molar-refractivity contribution in [2.24, 2.45) is 5.10 Å². The number of amides is 2. The molecule has 1 fully saturated rings. The molecule has 146 valence electrons. The Morgan fingerprint density at radius 2 is 1.78 bits per heavy atom. The zero-order valence-electron chi connectivity index (χ0n) is 15.2. The summed E-state index contributed by atoms with van der Waals surface area (Å²) in [5, 5.41) is 14.8. The second-order valence-electron chi connectivity index (χ2n) is 6.36. The number of hydroxylamine groups is 2. The molecule has 0 aromatic heterocycles. The largest absolute Gasteiger partial charge is 0.341 e. The Kier molecular flexibility index (Phi) is 5.54. The molecule has 2 heterocycles. The summed E-state index contributed by atoms with van der Waals surface area (Å²) in [6.45, 7) is 1.79. The zero-order chi connectivity index (χ0) is 19.6. The molecule has 1 N–H and O–H groups in total. The van der Waals surface area contributed by atoms with E-state index in [2.05, 4.69) is 5.10 Å². The van der Waals surface area contributed by atoms with Crippen molar-refractivity contribution in [1.29, 1.82) is 5.41 Å². The fourth-order valence-corrected chi connectivity index (χ4v) is 3.18. The lowest BCUT2D eigenvalue weighted by Gasteiger charge is -2.39. The summed E-state index contributed by atoms with van der Waals surface area (Å²) < 4.78 is 27.1. The predicted molar refractivity (Wildman–Crippen MR) is 95.1 cm³/mol. The topological polar surface area (TPSA) is 75.5 Å². The van der Waals surface area contributed by atoms with E-state index in [0.717, 1.165) is 6.07 Å². The molecule has 0 saturated carbocycles. The first-order chi connectivity index (χ1) is 12.9. The van der Waals surface area contributed by atoms with E-state index in [4.69, 9.17) is 10.2 Å². The molecule has 2 aliphatic rings. The second-order valence-corrected chi connectivity index (χ2v) is 6.36. The number of hydrazone groups is 1. The molecule has 0 spiro atoms. The number of urea groups is 1. The Bertz CT molecular complexity index is 731. The van der Waals surface area contributed by atoms with E-state index in [1.807, 2.05) is 0 Å². The molecular weight excluding hydrogens is 358 g/mol. The minimum absolute atomic E-state index is 0.219. The monoisotopic (exact) mass is 380 g/mol. The Labute approximate surface area is 156 Å². The van der Waals surface area contributed by atoms with Gasteiger partial charge in [-0.2, -0.15) is 5.10 Å². The minimum atomic E-state index is -0.682. The standard InChI is InChI=1S/C17H22F2N6O2/c1-22(27-2)16(20)23-5-7-24(8-6-23)17(26)25-15(3-4-21-25)12-9-13(18)11-14(19)10-12/h4,9-11,15,20H,3,5-8H2,1-2H3/t15-/m0/s1. The van der Waals surface area contributed by atoms with E-state index in [9.17, 15) is 13.6 Å². The molecule has 0 bridgehead atoms. The summed E-state index contributed by atoms with van der Waals surface area (Å²) in [5.74, 6) is -1.14. The van der Waals surface area contributed by atoms with Crippen LogP contribution in [0.2, 0.25) is 0 Å². The van der Waals surface area contributed by atoms with Gasteiger partial charge in [-0.15, -0.1) is 0 Å². The van der Waals surface area contributed by atoms with Gasteiger partial charge in [-0.1, -0.05) is 0 Å². The van der Waals surface area contributed by atoms with Gasteiger partial charge in [0.1, 0.15) is 11.6 Å². The number of halogens is 2. The van der Waals surface area contributed by atoms with Gasteiger partial charge in [-0.05, 0) is 17.7 Å². The first-order valence-electron chi connectivity index (χ1n) is 8.58. The van der Waals surface area contributed by atoms with Crippen molar-refractivity contribution in [3.05, 3.63) is 35.4 Å². The smallest absolute Gasteiger partial charge is 0.338 e. The SMILES string of the molecule is CON(C)C(=N)N1CCN(C(=O)N2N=CC[C@H]2c2cc(F)cc(F)c2)CC1. The molecule has 8 nitrogen and oxygen atoms in total. The Morgan fingerprint density at radius 1 is 1.19 bits per heavy atom. The van der Waals surface area contributed by atoms with Crippen LogP contribution in [0.4, 0.5) is 13.6 Å². The van der Waals surface area contributed by atoms with Gasteiger partial charge in [-0.3, -0.25) is 10.2 Å². The van der Waals surface area contributed by atoms with E-state index in [-0.39, 0.29) is 12.0 Å². The van der Waals surface area contributed by atoms with Gasteiger partial charge < -0.3 is 9.80 Å². The molecule has 1 aromatic rings. The minimum Gasteiger partial charge on any atom is -0.338 e. The maximum absolute atomic E-state index is 13.5. The summed E-state index contributed by atoms with van der Waals surface area (Å²) in [7, 11) is 3.12. The number of carbonyl (C=O) groups is 1. The van der Waals surface area contributed by atoms with Crippen molar-refractivity contribution in [1.82, 2.24) is 19.9 Å². The summed E-state index contributed by atoms with van der Waals surface area (Å²) in [4.78, 5) is 21.3. The molecule has 2 aliphatic heterocycles. The predicted octanol–water partition coefficient (Wildman–Crippen LogP) is 1.86. The number of hydrogen-bond donors (Lipinski definition) is 1. The van der Waals surface area contributed by atoms with E-state index >= 15 is 0 Å². The average Bonchev–Trinajstić information content (AvgIpc) is 3.15. The van der Waals surface area contributed by atoms with E-state index < -0.39 is 17.7 Å². The maximum Gasteiger partial charge on any atom is 0.341 e. The van der Waals surface area contributed by atoms with Crippen LogP contribution < -0.4 is 0 Å². The van der Waals surface area contributed by atoms with Crippen LogP contribution >= 0.6 is 0 Å². The van der Waals surface area contributed by atoms with Crippen LogP contribution in [0.3, 0.4) is 0 Å². The molecule has 3 rings (SSSR count). The van der Waals surface area contributed by atoms with Gasteiger partial charge in [0.2, 0.25) is 5.96 Å². The fraction of sp³-hybridized carbons (Fsp3) is 0.471. The van der Waals surface area contributed by atoms with Crippen LogP contribution in [-0.2, 0) is 4.84 Å². The summed E-state index contributed by atoms with van der Waals surface area (Å²) >= 11 is 0. The van der Waals surface area contributed by atoms with Crippen molar-refractivity contribution in [2.45, 2.75) is 12.5 Å². The third kappa shape index (κ3) is 4.00. The number of carbonyl (C=O) groups excluding carboxylic acids is 1. The molecule has 0 radical (unpaired) electrons. The third-order valence-electron chi connectivity index (χ3n) is 4.72. The highest BCUT2D eigenvalue weighted by Gasteiger charge is 2.34. The third-order valence-corrected chi connectivity index (χ3v) is 4.72. The van der Waals surface area contributed by atoms with Crippen LogP contribution in [0, 0.1) is 17.0 Å². The molecule has 2 amide bonds. The highest BCUT2D eigenvalue weighted by atomic mass is 19.1. The number of nitrogens with zero attached hydrogens (tertiary/aromatic N) is 5. The van der Waals surface area contributed by atoms with E-state index in [1.54, 1.807) is 23.1 Å². The van der Waals surface area contributed by atoms with Crippen molar-refractivity contribution in [2.75, 3.05) is 40.3 Å². The van der Waals surface area contributed by atoms with Crippen LogP contribution in [0.15, 0.2) is 23.3 Å². The summed E-state index contributed by atoms with van der Waals surface area (Å²) in [6, 6.07) is 2.41. The van der Waals surface area contributed by atoms with E-state index in [1.165, 1.54) is 29.3 Å². The number of piperazine rings is 1. The summed E-state index contributed by atoms with van der Waals surface area (Å²) in [5.41, 5.74) is 0.375. The van der Waals surface area contributed by atoms with Crippen LogP contribution in [0.25, 0.3) is 0 Å². The van der Waals surface area contributed by atoms with Crippen molar-refractivity contribution in [3.63, 3.8) is 0 Å². The van der Waals surface area contributed by atoms with Gasteiger partial charge in [0.25, 0.3) is 0 Å². The number of benzene rings is 1. The van der Waals surface area contributed by atoms with Gasteiger partial charge in [0.05, 0.1) is 13.2 Å². The summed E-state index contributed by atoms with van der Waals surface area (Å²) in [6.07, 6.45) is 1.97. The van der Waals surface area contributed by atoms with Crippen molar-refractivity contribution >= 4 is 18.2 Å². The Balaban J connectivity index is 1.65. The average molecular weight is 380 g/mol. The number of guanidine groups is 1.